The lowest BCUT2D eigenvalue weighted by Gasteiger charge is -2.08. The van der Waals surface area contributed by atoms with E-state index in [2.05, 4.69) is 21.9 Å². The SMILES string of the molecule is N#Cc1ccc(OCC(=O)NNC(=O)CCCCc2nc3ccccc3s2)cc1. The summed E-state index contributed by atoms with van der Waals surface area (Å²) in [4.78, 5) is 28.1. The van der Waals surface area contributed by atoms with Crippen molar-refractivity contribution in [3.05, 3.63) is 59.1 Å². The summed E-state index contributed by atoms with van der Waals surface area (Å²) in [5.74, 6) is -0.237. The topological polar surface area (TPSA) is 104 Å². The number of carbonyl (C=O) groups is 2. The number of para-hydroxylation sites is 1. The molecule has 0 radical (unpaired) electrons. The molecule has 0 unspecified atom stereocenters. The van der Waals surface area contributed by atoms with Gasteiger partial charge in [0.15, 0.2) is 6.61 Å². The number of nitrogens with zero attached hydrogens (tertiary/aromatic N) is 2. The molecule has 2 aromatic carbocycles. The third kappa shape index (κ3) is 6.30. The van der Waals surface area contributed by atoms with E-state index in [0.29, 0.717) is 24.2 Å². The normalized spacial score (nSPS) is 10.3. The van der Waals surface area contributed by atoms with Crippen molar-refractivity contribution in [2.75, 3.05) is 6.61 Å². The largest absolute Gasteiger partial charge is 0.484 e. The van der Waals surface area contributed by atoms with E-state index in [1.165, 1.54) is 4.70 Å². The number of carbonyl (C=O) groups excluding carboxylic acids is 2. The molecule has 0 saturated heterocycles. The first kappa shape index (κ1) is 20.3. The predicted molar refractivity (Wildman–Crippen MR) is 110 cm³/mol. The number of thiazole rings is 1. The molecule has 29 heavy (non-hydrogen) atoms. The number of aryl methyl sites for hydroxylation is 1. The van der Waals surface area contributed by atoms with E-state index in [1.54, 1.807) is 35.6 Å². The minimum absolute atomic E-state index is 0.232. The van der Waals surface area contributed by atoms with Crippen molar-refractivity contribution in [3.63, 3.8) is 0 Å². The molecule has 2 amide bonds. The molecule has 1 aromatic heterocycles. The smallest absolute Gasteiger partial charge is 0.276 e. The highest BCUT2D eigenvalue weighted by Gasteiger charge is 2.07. The molecule has 0 spiro atoms. The molecule has 7 nitrogen and oxygen atoms in total. The van der Waals surface area contributed by atoms with Gasteiger partial charge in [0.05, 0.1) is 26.9 Å². The maximum atomic E-state index is 11.8. The second-order valence-corrected chi connectivity index (χ2v) is 7.42. The molecule has 2 N–H and O–H groups in total. The standard InChI is InChI=1S/C21H20N4O3S/c22-13-15-9-11-16(12-10-15)28-14-20(27)25-24-19(26)7-3-4-8-21-23-17-5-1-2-6-18(17)29-21/h1-2,5-6,9-12H,3-4,7-8,14H2,(H,24,26)(H,25,27). The summed E-state index contributed by atoms with van der Waals surface area (Å²) in [6.07, 6.45) is 2.71. The zero-order valence-electron chi connectivity index (χ0n) is 15.7. The fraction of sp³-hybridized carbons (Fsp3) is 0.238. The van der Waals surface area contributed by atoms with Gasteiger partial charge in [0.1, 0.15) is 5.75 Å². The van der Waals surface area contributed by atoms with Gasteiger partial charge in [-0.15, -0.1) is 11.3 Å². The molecule has 3 aromatic rings. The Bertz CT molecular complexity index is 991. The molecule has 0 aliphatic heterocycles. The fourth-order valence-corrected chi connectivity index (χ4v) is 3.61. The molecule has 148 valence electrons. The maximum absolute atomic E-state index is 11.8. The van der Waals surface area contributed by atoms with Crippen LogP contribution in [0.5, 0.6) is 5.75 Å². The van der Waals surface area contributed by atoms with Gasteiger partial charge in [-0.25, -0.2) is 4.98 Å². The minimum atomic E-state index is -0.461. The van der Waals surface area contributed by atoms with Gasteiger partial charge in [-0.2, -0.15) is 5.26 Å². The van der Waals surface area contributed by atoms with Crippen molar-refractivity contribution in [2.24, 2.45) is 0 Å². The molecule has 0 bridgehead atoms. The first-order chi connectivity index (χ1) is 14.1. The van der Waals surface area contributed by atoms with Crippen LogP contribution in [-0.2, 0) is 16.0 Å². The Hall–Kier alpha value is -3.44. The molecule has 0 saturated carbocycles. The van der Waals surface area contributed by atoms with E-state index in [9.17, 15) is 9.59 Å². The Morgan fingerprint density at radius 2 is 1.79 bits per heavy atom. The van der Waals surface area contributed by atoms with E-state index in [1.807, 2.05) is 24.3 Å². The number of fused-ring (bicyclic) bond motifs is 1. The lowest BCUT2D eigenvalue weighted by Crippen LogP contribution is -2.43. The van der Waals surface area contributed by atoms with E-state index in [-0.39, 0.29) is 12.5 Å². The molecule has 0 aliphatic carbocycles. The van der Waals surface area contributed by atoms with Gasteiger partial charge in [-0.1, -0.05) is 12.1 Å². The van der Waals surface area contributed by atoms with Gasteiger partial charge in [-0.05, 0) is 55.7 Å². The van der Waals surface area contributed by atoms with Crippen LogP contribution in [0.2, 0.25) is 0 Å². The Morgan fingerprint density at radius 1 is 1.03 bits per heavy atom. The highest BCUT2D eigenvalue weighted by Crippen LogP contribution is 2.22. The van der Waals surface area contributed by atoms with E-state index >= 15 is 0 Å². The Labute approximate surface area is 172 Å². The molecular formula is C21H20N4O3S. The Kier molecular flexibility index (Phi) is 7.14. The predicted octanol–water partition coefficient (Wildman–Crippen LogP) is 3.11. The van der Waals surface area contributed by atoms with Crippen LogP contribution in [0.1, 0.15) is 29.8 Å². The number of hydrazine groups is 1. The zero-order chi connectivity index (χ0) is 20.5. The van der Waals surface area contributed by atoms with Crippen LogP contribution >= 0.6 is 11.3 Å². The fourth-order valence-electron chi connectivity index (χ4n) is 2.60. The Balaban J connectivity index is 1.29. The number of nitriles is 1. The molecule has 0 aliphatic rings. The third-order valence-corrected chi connectivity index (χ3v) is 5.17. The number of hydrogen-bond donors (Lipinski definition) is 2. The summed E-state index contributed by atoms with van der Waals surface area (Å²) < 4.78 is 6.47. The van der Waals surface area contributed by atoms with E-state index in [0.717, 1.165) is 23.4 Å². The first-order valence-electron chi connectivity index (χ1n) is 9.19. The van der Waals surface area contributed by atoms with Gasteiger partial charge < -0.3 is 4.74 Å². The van der Waals surface area contributed by atoms with Crippen LogP contribution in [0.25, 0.3) is 10.2 Å². The molecule has 1 heterocycles. The molecule has 0 fully saturated rings. The number of ether oxygens (including phenoxy) is 1. The number of amides is 2. The number of aromatic nitrogens is 1. The zero-order valence-corrected chi connectivity index (χ0v) is 16.5. The second-order valence-electron chi connectivity index (χ2n) is 6.30. The number of hydrogen-bond acceptors (Lipinski definition) is 6. The number of rotatable bonds is 8. The second kappa shape index (κ2) is 10.2. The van der Waals surface area contributed by atoms with E-state index in [4.69, 9.17) is 10.00 Å². The summed E-state index contributed by atoms with van der Waals surface area (Å²) in [6, 6.07) is 16.4. The third-order valence-electron chi connectivity index (χ3n) is 4.08. The van der Waals surface area contributed by atoms with Crippen LogP contribution in [0.4, 0.5) is 0 Å². The van der Waals surface area contributed by atoms with Crippen LogP contribution in [0, 0.1) is 11.3 Å². The van der Waals surface area contributed by atoms with Crippen molar-refractivity contribution in [2.45, 2.75) is 25.7 Å². The van der Waals surface area contributed by atoms with Gasteiger partial charge in [-0.3, -0.25) is 20.4 Å². The van der Waals surface area contributed by atoms with Crippen LogP contribution in [0.15, 0.2) is 48.5 Å². The summed E-state index contributed by atoms with van der Waals surface area (Å²) >= 11 is 1.68. The van der Waals surface area contributed by atoms with Crippen LogP contribution in [-0.4, -0.2) is 23.4 Å². The van der Waals surface area contributed by atoms with Crippen LogP contribution < -0.4 is 15.6 Å². The Morgan fingerprint density at radius 3 is 2.55 bits per heavy atom. The quantitative estimate of drug-likeness (QED) is 0.440. The lowest BCUT2D eigenvalue weighted by molar-refractivity contribution is -0.130. The van der Waals surface area contributed by atoms with Gasteiger partial charge in [0.2, 0.25) is 5.91 Å². The van der Waals surface area contributed by atoms with Crippen molar-refractivity contribution >= 4 is 33.4 Å². The van der Waals surface area contributed by atoms with Gasteiger partial charge >= 0.3 is 0 Å². The highest BCUT2D eigenvalue weighted by molar-refractivity contribution is 7.18. The van der Waals surface area contributed by atoms with Crippen molar-refractivity contribution < 1.29 is 14.3 Å². The lowest BCUT2D eigenvalue weighted by atomic mass is 10.2. The summed E-state index contributed by atoms with van der Waals surface area (Å²) in [6.45, 7) is -0.232. The van der Waals surface area contributed by atoms with Gasteiger partial charge in [0.25, 0.3) is 5.91 Å². The highest BCUT2D eigenvalue weighted by atomic mass is 32.1. The maximum Gasteiger partial charge on any atom is 0.276 e. The van der Waals surface area contributed by atoms with Crippen molar-refractivity contribution in [3.8, 4) is 11.8 Å². The number of nitrogens with one attached hydrogen (secondary N) is 2. The monoisotopic (exact) mass is 408 g/mol. The summed E-state index contributed by atoms with van der Waals surface area (Å²) in [5, 5.41) is 9.81. The van der Waals surface area contributed by atoms with Crippen LogP contribution in [0.3, 0.4) is 0 Å². The number of unbranched alkanes of at least 4 members (excludes halogenated alkanes) is 1. The minimum Gasteiger partial charge on any atom is -0.484 e. The first-order valence-corrected chi connectivity index (χ1v) is 10.0. The summed E-state index contributed by atoms with van der Waals surface area (Å²) in [7, 11) is 0. The molecule has 8 heteroatoms. The van der Waals surface area contributed by atoms with Gasteiger partial charge in [0, 0.05) is 6.42 Å². The summed E-state index contributed by atoms with van der Waals surface area (Å²) in [5.41, 5.74) is 6.23. The van der Waals surface area contributed by atoms with Crippen molar-refractivity contribution in [1.82, 2.24) is 15.8 Å². The number of benzene rings is 2. The molecule has 3 rings (SSSR count). The van der Waals surface area contributed by atoms with Crippen molar-refractivity contribution in [1.29, 1.82) is 5.26 Å². The molecule has 0 atom stereocenters. The molecular weight excluding hydrogens is 388 g/mol. The average molecular weight is 408 g/mol. The average Bonchev–Trinajstić information content (AvgIpc) is 3.17. The van der Waals surface area contributed by atoms with E-state index < -0.39 is 5.91 Å².